The highest BCUT2D eigenvalue weighted by molar-refractivity contribution is 5.92. The Bertz CT molecular complexity index is 1090. The number of aliphatic hydroxyl groups excluding tert-OH is 1. The number of benzene rings is 2. The summed E-state index contributed by atoms with van der Waals surface area (Å²) in [6.45, 7) is 7.15. The van der Waals surface area contributed by atoms with E-state index in [0.29, 0.717) is 17.7 Å². The van der Waals surface area contributed by atoms with Gasteiger partial charge in [-0.2, -0.15) is 0 Å². The smallest absolute Gasteiger partial charge is 0.408 e. The molecule has 3 N–H and O–H groups in total. The third-order valence-corrected chi connectivity index (χ3v) is 5.68. The fraction of sp³-hybridized carbons (Fsp3) is 0.433. The van der Waals surface area contributed by atoms with Crippen LogP contribution in [-0.4, -0.2) is 59.3 Å². The van der Waals surface area contributed by atoms with Crippen molar-refractivity contribution in [3.05, 3.63) is 71.3 Å². The summed E-state index contributed by atoms with van der Waals surface area (Å²) in [6.07, 6.45) is 6.58. The summed E-state index contributed by atoms with van der Waals surface area (Å²) < 4.78 is 5.41. The monoisotopic (exact) mass is 521 g/mol. The lowest BCUT2D eigenvalue weighted by atomic mass is 9.99. The Morgan fingerprint density at radius 3 is 2.29 bits per heavy atom. The van der Waals surface area contributed by atoms with E-state index in [9.17, 15) is 19.5 Å². The number of alkyl carbamates (subject to hydrolysis) is 1. The van der Waals surface area contributed by atoms with E-state index in [1.807, 2.05) is 37.3 Å². The number of aliphatic hydroxyl groups is 1. The highest BCUT2D eigenvalue weighted by atomic mass is 16.6. The molecule has 8 nitrogen and oxygen atoms in total. The first-order valence-electron chi connectivity index (χ1n) is 12.9. The van der Waals surface area contributed by atoms with Crippen molar-refractivity contribution in [1.29, 1.82) is 0 Å². The van der Waals surface area contributed by atoms with Gasteiger partial charge in [0.1, 0.15) is 17.7 Å². The van der Waals surface area contributed by atoms with Gasteiger partial charge in [-0.05, 0) is 50.5 Å². The molecule has 2 aromatic carbocycles. The quantitative estimate of drug-likeness (QED) is 0.292. The first-order valence-corrected chi connectivity index (χ1v) is 12.9. The molecule has 8 heteroatoms. The van der Waals surface area contributed by atoms with E-state index in [0.717, 1.165) is 18.4 Å². The van der Waals surface area contributed by atoms with E-state index in [4.69, 9.17) is 11.2 Å². The molecule has 0 aliphatic rings. The molecule has 0 bridgehead atoms. The van der Waals surface area contributed by atoms with Crippen molar-refractivity contribution in [3.63, 3.8) is 0 Å². The molecule has 0 saturated heterocycles. The van der Waals surface area contributed by atoms with Crippen LogP contribution in [0.15, 0.2) is 54.6 Å². The van der Waals surface area contributed by atoms with Crippen molar-refractivity contribution in [2.75, 3.05) is 19.7 Å². The van der Waals surface area contributed by atoms with E-state index in [1.54, 1.807) is 45.0 Å². The Morgan fingerprint density at radius 1 is 1.08 bits per heavy atom. The molecule has 0 spiro atoms. The van der Waals surface area contributed by atoms with Crippen molar-refractivity contribution in [2.45, 2.75) is 64.6 Å². The largest absolute Gasteiger partial charge is 0.444 e. The van der Waals surface area contributed by atoms with Gasteiger partial charge < -0.3 is 25.4 Å². The highest BCUT2D eigenvalue weighted by Crippen LogP contribution is 2.24. The molecule has 2 atom stereocenters. The molecule has 0 fully saturated rings. The fourth-order valence-corrected chi connectivity index (χ4v) is 3.89. The molecule has 0 aliphatic heterocycles. The Kier molecular flexibility index (Phi) is 11.8. The maximum atomic E-state index is 14.0. The number of ether oxygens (including phenoxy) is 1. The molecule has 0 aliphatic carbocycles. The summed E-state index contributed by atoms with van der Waals surface area (Å²) in [5.74, 6) is 1.64. The average molecular weight is 522 g/mol. The maximum absolute atomic E-state index is 14.0. The van der Waals surface area contributed by atoms with Crippen LogP contribution in [0.25, 0.3) is 0 Å². The number of terminal acetylenes is 1. The van der Waals surface area contributed by atoms with Gasteiger partial charge in [-0.25, -0.2) is 4.79 Å². The van der Waals surface area contributed by atoms with Crippen LogP contribution < -0.4 is 10.6 Å². The Balaban J connectivity index is 2.48. The third kappa shape index (κ3) is 9.56. The second kappa shape index (κ2) is 14.8. The number of hydrogen-bond acceptors (Lipinski definition) is 5. The van der Waals surface area contributed by atoms with Crippen LogP contribution in [0.3, 0.4) is 0 Å². The number of carbonyl (C=O) groups is 3. The van der Waals surface area contributed by atoms with Crippen molar-refractivity contribution < 1.29 is 24.2 Å². The molecular formula is C30H39N3O5. The molecule has 0 aromatic heterocycles. The number of hydrogen-bond donors (Lipinski definition) is 3. The second-order valence-corrected chi connectivity index (χ2v) is 9.96. The topological polar surface area (TPSA) is 108 Å². The molecule has 0 saturated carbocycles. The summed E-state index contributed by atoms with van der Waals surface area (Å²) in [6, 6.07) is 13.9. The fourth-order valence-electron chi connectivity index (χ4n) is 3.89. The van der Waals surface area contributed by atoms with Crippen LogP contribution in [0, 0.1) is 12.3 Å². The average Bonchev–Trinajstić information content (AvgIpc) is 2.87. The van der Waals surface area contributed by atoms with Crippen LogP contribution in [0.4, 0.5) is 4.79 Å². The minimum atomic E-state index is -1.05. The molecular weight excluding hydrogens is 482 g/mol. The Hall–Kier alpha value is -3.83. The van der Waals surface area contributed by atoms with E-state index < -0.39 is 29.7 Å². The minimum absolute atomic E-state index is 0.122. The van der Waals surface area contributed by atoms with Crippen molar-refractivity contribution >= 4 is 17.9 Å². The molecule has 2 aromatic rings. The van der Waals surface area contributed by atoms with Gasteiger partial charge >= 0.3 is 6.09 Å². The van der Waals surface area contributed by atoms with Crippen molar-refractivity contribution in [3.8, 4) is 12.3 Å². The van der Waals surface area contributed by atoms with Crippen molar-refractivity contribution in [1.82, 2.24) is 15.5 Å². The lowest BCUT2D eigenvalue weighted by Gasteiger charge is -2.34. The van der Waals surface area contributed by atoms with Gasteiger partial charge in [-0.15, -0.1) is 6.42 Å². The first kappa shape index (κ1) is 30.4. The van der Waals surface area contributed by atoms with E-state index in [-0.39, 0.29) is 25.5 Å². The Morgan fingerprint density at radius 2 is 1.74 bits per heavy atom. The predicted octanol–water partition coefficient (Wildman–Crippen LogP) is 3.58. The number of nitrogens with one attached hydrogen (secondary N) is 2. The normalized spacial score (nSPS) is 12.5. The van der Waals surface area contributed by atoms with Gasteiger partial charge in [0.15, 0.2) is 0 Å². The Labute approximate surface area is 225 Å². The van der Waals surface area contributed by atoms with Gasteiger partial charge in [-0.3, -0.25) is 9.59 Å². The standard InChI is InChI=1S/C30H39N3O5/c1-6-8-18-31-27(35)26(24-16-14-22(7-2)15-17-24)33(19-20-34)28(36)25(21-23-12-10-9-11-13-23)32-29(37)38-30(3,4)5/h2,9-17,25-26,34H,6,8,18-21H2,1,3-5H3,(H,31,35)(H,32,37). The van der Waals surface area contributed by atoms with Crippen LogP contribution in [0.1, 0.15) is 63.3 Å². The number of amides is 3. The molecule has 38 heavy (non-hydrogen) atoms. The van der Waals surface area contributed by atoms with Gasteiger partial charge in [0.05, 0.1) is 6.61 Å². The molecule has 204 valence electrons. The van der Waals surface area contributed by atoms with Crippen molar-refractivity contribution in [2.24, 2.45) is 0 Å². The number of unbranched alkanes of at least 4 members (excludes halogenated alkanes) is 1. The number of rotatable bonds is 12. The zero-order chi connectivity index (χ0) is 28.1. The third-order valence-electron chi connectivity index (χ3n) is 5.68. The predicted molar refractivity (Wildman–Crippen MR) is 147 cm³/mol. The van der Waals surface area contributed by atoms with Crippen LogP contribution in [-0.2, 0) is 20.7 Å². The molecule has 2 unspecified atom stereocenters. The zero-order valence-corrected chi connectivity index (χ0v) is 22.7. The molecule has 2 rings (SSSR count). The molecule has 0 radical (unpaired) electrons. The zero-order valence-electron chi connectivity index (χ0n) is 22.7. The maximum Gasteiger partial charge on any atom is 0.408 e. The summed E-state index contributed by atoms with van der Waals surface area (Å²) in [5.41, 5.74) is 1.21. The summed E-state index contributed by atoms with van der Waals surface area (Å²) in [7, 11) is 0. The minimum Gasteiger partial charge on any atom is -0.444 e. The SMILES string of the molecule is C#Cc1ccc(C(C(=O)NCCCC)N(CCO)C(=O)C(Cc2ccccc2)NC(=O)OC(C)(C)C)cc1. The van der Waals surface area contributed by atoms with E-state index >= 15 is 0 Å². The van der Waals surface area contributed by atoms with Crippen LogP contribution in [0.5, 0.6) is 0 Å². The van der Waals surface area contributed by atoms with Gasteiger partial charge in [0.2, 0.25) is 11.8 Å². The summed E-state index contributed by atoms with van der Waals surface area (Å²) >= 11 is 0. The lowest BCUT2D eigenvalue weighted by Crippen LogP contribution is -2.54. The second-order valence-electron chi connectivity index (χ2n) is 9.96. The van der Waals surface area contributed by atoms with E-state index in [1.165, 1.54) is 4.90 Å². The van der Waals surface area contributed by atoms with E-state index in [2.05, 4.69) is 16.6 Å². The van der Waals surface area contributed by atoms with Gasteiger partial charge in [0, 0.05) is 25.1 Å². The highest BCUT2D eigenvalue weighted by Gasteiger charge is 2.36. The summed E-state index contributed by atoms with van der Waals surface area (Å²) in [5, 5.41) is 15.5. The number of carbonyl (C=O) groups excluding carboxylic acids is 3. The number of nitrogens with zero attached hydrogens (tertiary/aromatic N) is 1. The van der Waals surface area contributed by atoms with Gasteiger partial charge in [0.25, 0.3) is 0 Å². The molecule has 3 amide bonds. The summed E-state index contributed by atoms with van der Waals surface area (Å²) in [4.78, 5) is 41.5. The van der Waals surface area contributed by atoms with Crippen LogP contribution in [0.2, 0.25) is 0 Å². The lowest BCUT2D eigenvalue weighted by molar-refractivity contribution is -0.143. The van der Waals surface area contributed by atoms with Gasteiger partial charge in [-0.1, -0.05) is 61.7 Å². The molecule has 0 heterocycles. The first-order chi connectivity index (χ1) is 18.1. The van der Waals surface area contributed by atoms with Crippen LogP contribution >= 0.6 is 0 Å².